The summed E-state index contributed by atoms with van der Waals surface area (Å²) in [5.74, 6) is 0.0810. The molecule has 3 aromatic rings. The second-order valence-electron chi connectivity index (χ2n) is 8.76. The van der Waals surface area contributed by atoms with Gasteiger partial charge in [0.2, 0.25) is 0 Å². The van der Waals surface area contributed by atoms with Gasteiger partial charge in [0.15, 0.2) is 5.65 Å². The Morgan fingerprint density at radius 3 is 2.53 bits per heavy atom. The van der Waals surface area contributed by atoms with Crippen molar-refractivity contribution < 1.29 is 27.4 Å². The van der Waals surface area contributed by atoms with Crippen LogP contribution in [0.5, 0.6) is 5.75 Å². The molecular weight excluding hydrogens is 451 g/mol. The minimum absolute atomic E-state index is 0.0606. The normalized spacial score (nSPS) is 15.6. The number of nitrogen functional groups attached to an aromatic ring is 1. The fraction of sp³-hybridized carbons (Fsp3) is 0.435. The van der Waals surface area contributed by atoms with Crippen LogP contribution < -0.4 is 10.5 Å². The minimum atomic E-state index is -4.83. The summed E-state index contributed by atoms with van der Waals surface area (Å²) in [6, 6.07) is 5.32. The number of imidazole rings is 1. The van der Waals surface area contributed by atoms with Crippen molar-refractivity contribution in [1.82, 2.24) is 19.9 Å². The number of pyridine rings is 1. The van der Waals surface area contributed by atoms with E-state index in [2.05, 4.69) is 14.7 Å². The van der Waals surface area contributed by atoms with E-state index in [0.29, 0.717) is 37.4 Å². The number of fused-ring (bicyclic) bond motifs is 1. The molecule has 0 aliphatic carbocycles. The van der Waals surface area contributed by atoms with Crippen LogP contribution >= 0.6 is 0 Å². The van der Waals surface area contributed by atoms with E-state index in [1.165, 1.54) is 6.07 Å². The summed E-state index contributed by atoms with van der Waals surface area (Å²) < 4.78 is 46.6. The Kier molecular flexibility index (Phi) is 6.15. The van der Waals surface area contributed by atoms with E-state index in [1.54, 1.807) is 18.2 Å². The standard InChI is InChI=1S/C23H26F3N5O3/c1-22(2,33-3)21-29-18-15(6-9-28-19(18)30-21)13-7-10-31(11-8-13)20(32)16-5-4-14(12-17(16)27)34-23(24,25)26/h4-6,9,12-13H,7-8,10-11,27H2,1-3H3,(H,28,29,30). The van der Waals surface area contributed by atoms with Crippen LogP contribution in [0.3, 0.4) is 0 Å². The fourth-order valence-corrected chi connectivity index (χ4v) is 4.14. The molecule has 1 aliphatic rings. The molecule has 1 aliphatic heterocycles. The summed E-state index contributed by atoms with van der Waals surface area (Å²) in [6.45, 7) is 4.80. The summed E-state index contributed by atoms with van der Waals surface area (Å²) in [5.41, 5.74) is 7.88. The van der Waals surface area contributed by atoms with Crippen molar-refractivity contribution in [3.05, 3.63) is 47.4 Å². The molecule has 0 spiro atoms. The number of carbonyl (C=O) groups excluding carboxylic acids is 1. The van der Waals surface area contributed by atoms with E-state index in [1.807, 2.05) is 19.9 Å². The number of nitrogens with two attached hydrogens (primary N) is 1. The molecule has 3 heterocycles. The van der Waals surface area contributed by atoms with Gasteiger partial charge in [-0.15, -0.1) is 13.2 Å². The highest BCUT2D eigenvalue weighted by molar-refractivity contribution is 5.99. The molecule has 0 atom stereocenters. The maximum absolute atomic E-state index is 13.0. The number of carbonyl (C=O) groups is 1. The highest BCUT2D eigenvalue weighted by atomic mass is 19.4. The van der Waals surface area contributed by atoms with Crippen LogP contribution in [-0.4, -0.2) is 52.3 Å². The number of amides is 1. The topological polar surface area (TPSA) is 106 Å². The number of ether oxygens (including phenoxy) is 2. The van der Waals surface area contributed by atoms with Gasteiger partial charge in [0.1, 0.15) is 22.7 Å². The number of nitrogens with one attached hydrogen (secondary N) is 1. The quantitative estimate of drug-likeness (QED) is 0.530. The number of nitrogens with zero attached hydrogens (tertiary/aromatic N) is 3. The highest BCUT2D eigenvalue weighted by Gasteiger charge is 2.32. The number of benzene rings is 1. The first-order chi connectivity index (χ1) is 16.0. The molecule has 1 fully saturated rings. The van der Waals surface area contributed by atoms with E-state index in [9.17, 15) is 18.0 Å². The molecule has 8 nitrogen and oxygen atoms in total. The monoisotopic (exact) mass is 477 g/mol. The zero-order valence-electron chi connectivity index (χ0n) is 19.1. The number of likely N-dealkylation sites (tertiary alicyclic amines) is 1. The second kappa shape index (κ2) is 8.79. The number of piperidine rings is 1. The van der Waals surface area contributed by atoms with Crippen molar-refractivity contribution in [2.75, 3.05) is 25.9 Å². The van der Waals surface area contributed by atoms with Gasteiger partial charge in [0.05, 0.1) is 5.56 Å². The van der Waals surface area contributed by atoms with E-state index in [-0.39, 0.29) is 23.1 Å². The third-order valence-electron chi connectivity index (χ3n) is 6.21. The third-order valence-corrected chi connectivity index (χ3v) is 6.21. The van der Waals surface area contributed by atoms with Crippen molar-refractivity contribution in [3.8, 4) is 5.75 Å². The van der Waals surface area contributed by atoms with Gasteiger partial charge in [-0.3, -0.25) is 4.79 Å². The van der Waals surface area contributed by atoms with E-state index < -0.39 is 17.7 Å². The van der Waals surface area contributed by atoms with Gasteiger partial charge in [-0.25, -0.2) is 9.97 Å². The number of halogens is 3. The van der Waals surface area contributed by atoms with E-state index in [4.69, 9.17) is 15.5 Å². The lowest BCUT2D eigenvalue weighted by atomic mass is 9.89. The molecule has 3 N–H and O–H groups in total. The van der Waals surface area contributed by atoms with Gasteiger partial charge in [-0.1, -0.05) is 0 Å². The van der Waals surface area contributed by atoms with Gasteiger partial charge in [-0.05, 0) is 56.4 Å². The SMILES string of the molecule is COC(C)(C)c1nc2c(C3CCN(C(=O)c4ccc(OC(F)(F)F)cc4N)CC3)ccnc2[nH]1. The molecular formula is C23H26F3N5O3. The number of aromatic amines is 1. The lowest BCUT2D eigenvalue weighted by Gasteiger charge is -2.32. The van der Waals surface area contributed by atoms with Crippen LogP contribution in [0.2, 0.25) is 0 Å². The lowest BCUT2D eigenvalue weighted by molar-refractivity contribution is -0.274. The Balaban J connectivity index is 1.47. The average molecular weight is 477 g/mol. The van der Waals surface area contributed by atoms with Crippen LogP contribution in [0.25, 0.3) is 11.2 Å². The molecule has 0 unspecified atom stereocenters. The average Bonchev–Trinajstić information content (AvgIpc) is 3.23. The van der Waals surface area contributed by atoms with Crippen LogP contribution in [0, 0.1) is 0 Å². The van der Waals surface area contributed by atoms with Gasteiger partial charge < -0.3 is 25.1 Å². The van der Waals surface area contributed by atoms with Crippen molar-refractivity contribution in [3.63, 3.8) is 0 Å². The molecule has 0 radical (unpaired) electrons. The number of alkyl halides is 3. The minimum Gasteiger partial charge on any atom is -0.406 e. The zero-order valence-corrected chi connectivity index (χ0v) is 19.1. The predicted octanol–water partition coefficient (Wildman–Crippen LogP) is 4.34. The molecule has 1 saturated heterocycles. The molecule has 0 saturated carbocycles. The smallest absolute Gasteiger partial charge is 0.406 e. The van der Waals surface area contributed by atoms with E-state index >= 15 is 0 Å². The van der Waals surface area contributed by atoms with E-state index in [0.717, 1.165) is 23.2 Å². The van der Waals surface area contributed by atoms with Gasteiger partial charge in [-0.2, -0.15) is 0 Å². The molecule has 2 aromatic heterocycles. The molecule has 1 aromatic carbocycles. The Morgan fingerprint density at radius 1 is 1.21 bits per heavy atom. The summed E-state index contributed by atoms with van der Waals surface area (Å²) in [4.78, 5) is 27.0. The first-order valence-electron chi connectivity index (χ1n) is 10.8. The van der Waals surface area contributed by atoms with Crippen LogP contribution in [0.1, 0.15) is 54.4 Å². The molecule has 0 bridgehead atoms. The molecule has 11 heteroatoms. The Morgan fingerprint density at radius 2 is 1.91 bits per heavy atom. The van der Waals surface area contributed by atoms with Gasteiger partial charge >= 0.3 is 6.36 Å². The molecule has 182 valence electrons. The lowest BCUT2D eigenvalue weighted by Crippen LogP contribution is -2.38. The largest absolute Gasteiger partial charge is 0.573 e. The number of hydrogen-bond acceptors (Lipinski definition) is 6. The number of aromatic nitrogens is 3. The summed E-state index contributed by atoms with van der Waals surface area (Å²) in [5, 5.41) is 0. The van der Waals surface area contributed by atoms with Gasteiger partial charge in [0, 0.05) is 38.1 Å². The van der Waals surface area contributed by atoms with Crippen molar-refractivity contribution in [1.29, 1.82) is 0 Å². The first-order valence-corrected chi connectivity index (χ1v) is 10.8. The van der Waals surface area contributed by atoms with Crippen LogP contribution in [-0.2, 0) is 10.3 Å². The maximum atomic E-state index is 13.0. The Bertz CT molecular complexity index is 1200. The fourth-order valence-electron chi connectivity index (χ4n) is 4.14. The summed E-state index contributed by atoms with van der Waals surface area (Å²) in [7, 11) is 1.62. The van der Waals surface area contributed by atoms with Crippen LogP contribution in [0.15, 0.2) is 30.5 Å². The number of methoxy groups -OCH3 is 1. The first kappa shape index (κ1) is 23.8. The number of H-pyrrole nitrogens is 1. The highest BCUT2D eigenvalue weighted by Crippen LogP contribution is 2.34. The molecule has 34 heavy (non-hydrogen) atoms. The summed E-state index contributed by atoms with van der Waals surface area (Å²) >= 11 is 0. The molecule has 1 amide bonds. The van der Waals surface area contributed by atoms with Crippen molar-refractivity contribution in [2.24, 2.45) is 0 Å². The number of hydrogen-bond donors (Lipinski definition) is 2. The van der Waals surface area contributed by atoms with Gasteiger partial charge in [0.25, 0.3) is 5.91 Å². The zero-order chi connectivity index (χ0) is 24.7. The predicted molar refractivity (Wildman–Crippen MR) is 119 cm³/mol. The second-order valence-corrected chi connectivity index (χ2v) is 8.76. The maximum Gasteiger partial charge on any atom is 0.573 e. The van der Waals surface area contributed by atoms with Crippen molar-refractivity contribution in [2.45, 2.75) is 44.6 Å². The van der Waals surface area contributed by atoms with Crippen molar-refractivity contribution >= 4 is 22.8 Å². The third kappa shape index (κ3) is 4.79. The van der Waals surface area contributed by atoms with Crippen LogP contribution in [0.4, 0.5) is 18.9 Å². The Labute approximate surface area is 194 Å². The number of anilines is 1. The summed E-state index contributed by atoms with van der Waals surface area (Å²) in [6.07, 6.45) is -1.68. The Hall–Kier alpha value is -3.34. The molecule has 4 rings (SSSR count). The number of rotatable bonds is 5.